The molecular weight excluding hydrogens is 275 g/mol. The predicted octanol–water partition coefficient (Wildman–Crippen LogP) is 2.92. The molecule has 20 heavy (non-hydrogen) atoms. The van der Waals surface area contributed by atoms with Crippen LogP contribution < -0.4 is 0 Å². The first-order valence-electron chi connectivity index (χ1n) is 7.87. The molecular formula is C14H33N2O3P. The highest BCUT2D eigenvalue weighted by atomic mass is 31.2. The zero-order chi connectivity index (χ0) is 15.4. The Kier molecular flexibility index (Phi) is 11.7. The van der Waals surface area contributed by atoms with Gasteiger partial charge in [-0.2, -0.15) is 0 Å². The fourth-order valence-corrected chi connectivity index (χ4v) is 3.08. The summed E-state index contributed by atoms with van der Waals surface area (Å²) in [5.41, 5.74) is 0. The zero-order valence-electron chi connectivity index (χ0n) is 13.9. The molecule has 122 valence electrons. The summed E-state index contributed by atoms with van der Waals surface area (Å²) in [7, 11) is -2.91. The fraction of sp³-hybridized carbons (Fsp3) is 1.00. The van der Waals surface area contributed by atoms with E-state index in [1.165, 1.54) is 0 Å². The molecule has 0 aromatic rings. The summed E-state index contributed by atoms with van der Waals surface area (Å²) < 4.78 is 23.5. The molecule has 0 heterocycles. The van der Waals surface area contributed by atoms with Crippen molar-refractivity contribution in [2.45, 2.75) is 34.6 Å². The van der Waals surface area contributed by atoms with Crippen LogP contribution in [0.25, 0.3) is 0 Å². The summed E-state index contributed by atoms with van der Waals surface area (Å²) in [5.74, 6) is 0. The first-order valence-corrected chi connectivity index (χ1v) is 9.60. The van der Waals surface area contributed by atoms with E-state index in [0.717, 1.165) is 39.3 Å². The van der Waals surface area contributed by atoms with E-state index >= 15 is 0 Å². The van der Waals surface area contributed by atoms with Gasteiger partial charge in [0.25, 0.3) is 0 Å². The van der Waals surface area contributed by atoms with Crippen LogP contribution in [0.4, 0.5) is 0 Å². The quantitative estimate of drug-likeness (QED) is 0.489. The standard InChI is InChI=1S/C14H33N2O3P/c1-6-15(7-2)11-13-18-20(17,10-5)19-14-12-16(8-3)9-4/h6-14H2,1-5H3. The van der Waals surface area contributed by atoms with Crippen molar-refractivity contribution < 1.29 is 13.6 Å². The minimum Gasteiger partial charge on any atom is -0.307 e. The summed E-state index contributed by atoms with van der Waals surface area (Å²) in [4.78, 5) is 4.49. The average Bonchev–Trinajstić information content (AvgIpc) is 2.48. The lowest BCUT2D eigenvalue weighted by Gasteiger charge is -2.23. The summed E-state index contributed by atoms with van der Waals surface area (Å²) in [6, 6.07) is 0. The molecule has 0 amide bonds. The van der Waals surface area contributed by atoms with E-state index in [-0.39, 0.29) is 0 Å². The van der Waals surface area contributed by atoms with Gasteiger partial charge in [0.1, 0.15) is 0 Å². The minimum atomic E-state index is -2.91. The van der Waals surface area contributed by atoms with Gasteiger partial charge in [-0.1, -0.05) is 34.6 Å². The van der Waals surface area contributed by atoms with Gasteiger partial charge in [-0.05, 0) is 26.2 Å². The van der Waals surface area contributed by atoms with E-state index in [1.807, 2.05) is 6.92 Å². The molecule has 0 unspecified atom stereocenters. The van der Waals surface area contributed by atoms with Crippen molar-refractivity contribution in [3.05, 3.63) is 0 Å². The minimum absolute atomic E-state index is 0.434. The van der Waals surface area contributed by atoms with Crippen molar-refractivity contribution in [3.8, 4) is 0 Å². The Morgan fingerprint density at radius 1 is 0.750 bits per heavy atom. The third-order valence-electron chi connectivity index (χ3n) is 3.57. The van der Waals surface area contributed by atoms with Crippen molar-refractivity contribution in [2.75, 3.05) is 58.6 Å². The molecule has 0 aliphatic carbocycles. The Morgan fingerprint density at radius 2 is 1.10 bits per heavy atom. The molecule has 6 heteroatoms. The van der Waals surface area contributed by atoms with Crippen molar-refractivity contribution in [1.82, 2.24) is 9.80 Å². The van der Waals surface area contributed by atoms with E-state index in [1.54, 1.807) is 0 Å². The van der Waals surface area contributed by atoms with Gasteiger partial charge in [0.05, 0.1) is 13.2 Å². The number of likely N-dealkylation sites (N-methyl/N-ethyl adjacent to an activating group) is 2. The number of hydrogen-bond acceptors (Lipinski definition) is 5. The zero-order valence-corrected chi connectivity index (χ0v) is 14.8. The largest absolute Gasteiger partial charge is 0.330 e. The molecule has 0 N–H and O–H groups in total. The predicted molar refractivity (Wildman–Crippen MR) is 85.6 cm³/mol. The Labute approximate surface area is 125 Å². The first-order chi connectivity index (χ1) is 9.55. The van der Waals surface area contributed by atoms with E-state index in [4.69, 9.17) is 9.05 Å². The lowest BCUT2D eigenvalue weighted by atomic mass is 10.5. The molecule has 0 rings (SSSR count). The van der Waals surface area contributed by atoms with Gasteiger partial charge in [0.2, 0.25) is 0 Å². The van der Waals surface area contributed by atoms with Crippen molar-refractivity contribution in [3.63, 3.8) is 0 Å². The smallest absolute Gasteiger partial charge is 0.307 e. The fourth-order valence-electron chi connectivity index (χ4n) is 1.92. The Balaban J connectivity index is 4.04. The average molecular weight is 308 g/mol. The van der Waals surface area contributed by atoms with Gasteiger partial charge in [-0.3, -0.25) is 4.57 Å². The molecule has 0 aromatic heterocycles. The van der Waals surface area contributed by atoms with Crippen LogP contribution in [0.3, 0.4) is 0 Å². The second-order valence-corrected chi connectivity index (χ2v) is 7.02. The monoisotopic (exact) mass is 308 g/mol. The van der Waals surface area contributed by atoms with E-state index in [9.17, 15) is 4.57 Å². The molecule has 0 aliphatic rings. The Morgan fingerprint density at radius 3 is 1.35 bits per heavy atom. The van der Waals surface area contributed by atoms with Crippen LogP contribution in [0.5, 0.6) is 0 Å². The van der Waals surface area contributed by atoms with Crippen molar-refractivity contribution in [2.24, 2.45) is 0 Å². The summed E-state index contributed by atoms with van der Waals surface area (Å²) in [6.07, 6.45) is 0.434. The molecule has 0 atom stereocenters. The lowest BCUT2D eigenvalue weighted by molar-refractivity contribution is 0.160. The van der Waals surface area contributed by atoms with Gasteiger partial charge in [0, 0.05) is 19.3 Å². The molecule has 0 spiro atoms. The molecule has 0 saturated carbocycles. The third kappa shape index (κ3) is 8.38. The van der Waals surface area contributed by atoms with E-state index in [0.29, 0.717) is 19.4 Å². The SMILES string of the molecule is CCN(CC)CCOP(=O)(CC)OCCN(CC)CC. The first kappa shape index (κ1) is 20.1. The van der Waals surface area contributed by atoms with Gasteiger partial charge in [0.15, 0.2) is 0 Å². The Hall–Kier alpha value is 0.0700. The van der Waals surface area contributed by atoms with Crippen LogP contribution in [0, 0.1) is 0 Å². The van der Waals surface area contributed by atoms with E-state index in [2.05, 4.69) is 37.5 Å². The van der Waals surface area contributed by atoms with Gasteiger partial charge < -0.3 is 18.8 Å². The number of nitrogens with zero attached hydrogens (tertiary/aromatic N) is 2. The molecule has 0 radical (unpaired) electrons. The molecule has 0 bridgehead atoms. The van der Waals surface area contributed by atoms with Crippen LogP contribution in [0.15, 0.2) is 0 Å². The second-order valence-electron chi connectivity index (χ2n) is 4.65. The maximum absolute atomic E-state index is 12.4. The molecule has 0 saturated heterocycles. The summed E-state index contributed by atoms with van der Waals surface area (Å²) in [5, 5.41) is 0. The van der Waals surface area contributed by atoms with E-state index < -0.39 is 7.60 Å². The third-order valence-corrected chi connectivity index (χ3v) is 5.49. The summed E-state index contributed by atoms with van der Waals surface area (Å²) in [6.45, 7) is 16.8. The molecule has 0 fully saturated rings. The Bertz CT molecular complexity index is 247. The topological polar surface area (TPSA) is 42.0 Å². The highest BCUT2D eigenvalue weighted by molar-refractivity contribution is 7.53. The summed E-state index contributed by atoms with van der Waals surface area (Å²) >= 11 is 0. The number of rotatable bonds is 13. The van der Waals surface area contributed by atoms with Crippen LogP contribution in [-0.2, 0) is 13.6 Å². The maximum atomic E-state index is 12.4. The molecule has 0 aromatic carbocycles. The van der Waals surface area contributed by atoms with Crippen molar-refractivity contribution >= 4 is 7.60 Å². The second kappa shape index (κ2) is 11.7. The van der Waals surface area contributed by atoms with Crippen LogP contribution in [0.1, 0.15) is 34.6 Å². The maximum Gasteiger partial charge on any atom is 0.330 e. The molecule has 5 nitrogen and oxygen atoms in total. The lowest BCUT2D eigenvalue weighted by Crippen LogP contribution is -2.28. The van der Waals surface area contributed by atoms with Crippen LogP contribution in [0.2, 0.25) is 0 Å². The normalized spacial score (nSPS) is 12.6. The van der Waals surface area contributed by atoms with Gasteiger partial charge >= 0.3 is 7.60 Å². The highest BCUT2D eigenvalue weighted by Crippen LogP contribution is 2.47. The van der Waals surface area contributed by atoms with Gasteiger partial charge in [-0.15, -0.1) is 0 Å². The van der Waals surface area contributed by atoms with Crippen LogP contribution >= 0.6 is 7.60 Å². The number of hydrogen-bond donors (Lipinski definition) is 0. The molecule has 0 aliphatic heterocycles. The van der Waals surface area contributed by atoms with Crippen molar-refractivity contribution in [1.29, 1.82) is 0 Å². The highest BCUT2D eigenvalue weighted by Gasteiger charge is 2.22. The van der Waals surface area contributed by atoms with Crippen LogP contribution in [-0.4, -0.2) is 68.4 Å². The van der Waals surface area contributed by atoms with Gasteiger partial charge in [-0.25, -0.2) is 0 Å².